The largest absolute Gasteiger partial charge is 0.356 e. The van der Waals surface area contributed by atoms with Crippen LogP contribution in [-0.2, 0) is 0 Å². The van der Waals surface area contributed by atoms with Crippen LogP contribution in [0.5, 0.6) is 0 Å². The number of rotatable bonds is 6. The molecule has 0 spiro atoms. The zero-order valence-electron chi connectivity index (χ0n) is 11.5. The number of likely N-dealkylation sites (N-methyl/N-ethyl adjacent to an activating group) is 1. The molecule has 1 fully saturated rings. The van der Waals surface area contributed by atoms with Gasteiger partial charge in [0.25, 0.3) is 0 Å². The highest BCUT2D eigenvalue weighted by atomic mass is 127. The van der Waals surface area contributed by atoms with Crippen molar-refractivity contribution in [2.75, 3.05) is 34.2 Å². The van der Waals surface area contributed by atoms with Gasteiger partial charge < -0.3 is 15.5 Å². The normalized spacial score (nSPS) is 17.6. The Bertz CT molecular complexity index is 225. The van der Waals surface area contributed by atoms with Gasteiger partial charge in [0.2, 0.25) is 0 Å². The maximum absolute atomic E-state index is 4.21. The molecule has 17 heavy (non-hydrogen) atoms. The number of aliphatic imine (C=N–C) groups is 1. The van der Waals surface area contributed by atoms with E-state index in [4.69, 9.17) is 0 Å². The van der Waals surface area contributed by atoms with Gasteiger partial charge in [0.15, 0.2) is 5.96 Å². The first-order valence-corrected chi connectivity index (χ1v) is 6.30. The first-order chi connectivity index (χ1) is 7.69. The van der Waals surface area contributed by atoms with Crippen LogP contribution in [0.3, 0.4) is 0 Å². The molecule has 1 atom stereocenters. The molecule has 1 saturated carbocycles. The lowest BCUT2D eigenvalue weighted by atomic mass is 10.1. The minimum atomic E-state index is 0. The third kappa shape index (κ3) is 6.45. The molecule has 102 valence electrons. The molecule has 2 N–H and O–H groups in total. The van der Waals surface area contributed by atoms with E-state index >= 15 is 0 Å². The Labute approximate surface area is 123 Å². The van der Waals surface area contributed by atoms with Gasteiger partial charge in [-0.3, -0.25) is 4.99 Å². The van der Waals surface area contributed by atoms with Crippen molar-refractivity contribution in [1.29, 1.82) is 0 Å². The van der Waals surface area contributed by atoms with Gasteiger partial charge in [-0.1, -0.05) is 6.92 Å². The molecule has 0 aromatic heterocycles. The number of halogens is 1. The highest BCUT2D eigenvalue weighted by Gasteiger charge is 2.32. The van der Waals surface area contributed by atoms with Crippen LogP contribution in [-0.4, -0.2) is 51.1 Å². The highest BCUT2D eigenvalue weighted by molar-refractivity contribution is 14.0. The van der Waals surface area contributed by atoms with Crippen molar-refractivity contribution in [1.82, 2.24) is 15.5 Å². The molecule has 5 heteroatoms. The van der Waals surface area contributed by atoms with Gasteiger partial charge in [0, 0.05) is 26.2 Å². The highest BCUT2D eigenvalue weighted by Crippen LogP contribution is 2.34. The molecule has 1 unspecified atom stereocenters. The second-order valence-corrected chi connectivity index (χ2v) is 4.75. The molecular weight excluding hydrogens is 327 g/mol. The zero-order chi connectivity index (χ0) is 12.0. The lowest BCUT2D eigenvalue weighted by Crippen LogP contribution is -2.46. The van der Waals surface area contributed by atoms with Crippen LogP contribution >= 0.6 is 24.0 Å². The van der Waals surface area contributed by atoms with E-state index in [1.165, 1.54) is 12.8 Å². The van der Waals surface area contributed by atoms with E-state index in [0.29, 0.717) is 6.04 Å². The predicted molar refractivity (Wildman–Crippen MR) is 85.3 cm³/mol. The van der Waals surface area contributed by atoms with Crippen molar-refractivity contribution in [2.45, 2.75) is 32.2 Å². The van der Waals surface area contributed by atoms with Gasteiger partial charge in [-0.05, 0) is 39.3 Å². The second-order valence-electron chi connectivity index (χ2n) is 4.75. The maximum Gasteiger partial charge on any atom is 0.191 e. The van der Waals surface area contributed by atoms with Crippen molar-refractivity contribution in [2.24, 2.45) is 10.9 Å². The Morgan fingerprint density at radius 1 is 1.35 bits per heavy atom. The fourth-order valence-corrected chi connectivity index (χ4v) is 1.92. The van der Waals surface area contributed by atoms with Crippen molar-refractivity contribution in [3.05, 3.63) is 0 Å². The number of hydrogen-bond acceptors (Lipinski definition) is 2. The molecule has 0 aliphatic heterocycles. The predicted octanol–water partition coefficient (Wildman–Crippen LogP) is 1.52. The Morgan fingerprint density at radius 2 is 2.00 bits per heavy atom. The van der Waals surface area contributed by atoms with Crippen molar-refractivity contribution in [3.8, 4) is 0 Å². The summed E-state index contributed by atoms with van der Waals surface area (Å²) < 4.78 is 0. The van der Waals surface area contributed by atoms with Crippen molar-refractivity contribution < 1.29 is 0 Å². The van der Waals surface area contributed by atoms with E-state index in [0.717, 1.165) is 31.4 Å². The van der Waals surface area contributed by atoms with E-state index in [9.17, 15) is 0 Å². The van der Waals surface area contributed by atoms with Crippen LogP contribution in [0.4, 0.5) is 0 Å². The lowest BCUT2D eigenvalue weighted by Gasteiger charge is -2.25. The standard InChI is InChI=1S/C12H26N4.HI/c1-5-8-14-12(13-2)15-9-11(16(3)4)10-6-7-10;/h10-11H,5-9H2,1-4H3,(H2,13,14,15);1H. The molecule has 1 aliphatic rings. The third-order valence-corrected chi connectivity index (χ3v) is 3.07. The average molecular weight is 354 g/mol. The summed E-state index contributed by atoms with van der Waals surface area (Å²) in [6, 6.07) is 0.639. The number of nitrogens with one attached hydrogen (secondary N) is 2. The monoisotopic (exact) mass is 354 g/mol. The summed E-state index contributed by atoms with van der Waals surface area (Å²) in [6.45, 7) is 4.13. The van der Waals surface area contributed by atoms with Crippen LogP contribution in [0, 0.1) is 5.92 Å². The number of guanidine groups is 1. The number of nitrogens with zero attached hydrogens (tertiary/aromatic N) is 2. The van der Waals surface area contributed by atoms with Gasteiger partial charge in [0.1, 0.15) is 0 Å². The summed E-state index contributed by atoms with van der Waals surface area (Å²) in [5.74, 6) is 1.81. The van der Waals surface area contributed by atoms with E-state index in [1.54, 1.807) is 0 Å². The topological polar surface area (TPSA) is 39.7 Å². The molecule has 0 heterocycles. The summed E-state index contributed by atoms with van der Waals surface area (Å²) in [4.78, 5) is 6.53. The van der Waals surface area contributed by atoms with Gasteiger partial charge in [-0.15, -0.1) is 24.0 Å². The number of hydrogen-bond donors (Lipinski definition) is 2. The smallest absolute Gasteiger partial charge is 0.191 e. The Balaban J connectivity index is 0.00000256. The lowest BCUT2D eigenvalue weighted by molar-refractivity contribution is 0.264. The quantitative estimate of drug-likeness (QED) is 0.432. The Kier molecular flexibility index (Phi) is 8.94. The third-order valence-electron chi connectivity index (χ3n) is 3.07. The van der Waals surface area contributed by atoms with Crippen LogP contribution < -0.4 is 10.6 Å². The van der Waals surface area contributed by atoms with Crippen LogP contribution in [0.15, 0.2) is 4.99 Å². The summed E-state index contributed by atoms with van der Waals surface area (Å²) in [5, 5.41) is 6.70. The van der Waals surface area contributed by atoms with Gasteiger partial charge in [0.05, 0.1) is 0 Å². The Morgan fingerprint density at radius 3 is 2.41 bits per heavy atom. The van der Waals surface area contributed by atoms with Crippen LogP contribution in [0.2, 0.25) is 0 Å². The molecular formula is C12H27IN4. The van der Waals surface area contributed by atoms with Gasteiger partial charge >= 0.3 is 0 Å². The first-order valence-electron chi connectivity index (χ1n) is 6.30. The summed E-state index contributed by atoms with van der Waals surface area (Å²) >= 11 is 0. The molecule has 0 amide bonds. The maximum atomic E-state index is 4.21. The SMILES string of the molecule is CCCNC(=NC)NCC(C1CC1)N(C)C.I. The zero-order valence-corrected chi connectivity index (χ0v) is 13.8. The van der Waals surface area contributed by atoms with Crippen LogP contribution in [0.25, 0.3) is 0 Å². The van der Waals surface area contributed by atoms with E-state index in [2.05, 4.69) is 41.5 Å². The fraction of sp³-hybridized carbons (Fsp3) is 0.917. The molecule has 0 aromatic carbocycles. The molecule has 1 rings (SSSR count). The molecule has 0 aromatic rings. The van der Waals surface area contributed by atoms with E-state index in [1.807, 2.05) is 7.05 Å². The van der Waals surface area contributed by atoms with Crippen LogP contribution in [0.1, 0.15) is 26.2 Å². The summed E-state index contributed by atoms with van der Waals surface area (Å²) in [5.41, 5.74) is 0. The van der Waals surface area contributed by atoms with E-state index in [-0.39, 0.29) is 24.0 Å². The molecule has 0 bridgehead atoms. The minimum absolute atomic E-state index is 0. The molecule has 4 nitrogen and oxygen atoms in total. The summed E-state index contributed by atoms with van der Waals surface area (Å²) in [6.07, 6.45) is 3.89. The van der Waals surface area contributed by atoms with Gasteiger partial charge in [-0.25, -0.2) is 0 Å². The average Bonchev–Trinajstić information content (AvgIpc) is 3.06. The fourth-order valence-electron chi connectivity index (χ4n) is 1.92. The molecule has 0 saturated heterocycles. The van der Waals surface area contributed by atoms with E-state index < -0.39 is 0 Å². The summed E-state index contributed by atoms with van der Waals surface area (Å²) in [7, 11) is 6.15. The minimum Gasteiger partial charge on any atom is -0.356 e. The molecule has 1 aliphatic carbocycles. The van der Waals surface area contributed by atoms with Gasteiger partial charge in [-0.2, -0.15) is 0 Å². The second kappa shape index (κ2) is 8.97. The Hall–Kier alpha value is -0.0400. The first kappa shape index (κ1) is 17.0. The van der Waals surface area contributed by atoms with Crippen molar-refractivity contribution in [3.63, 3.8) is 0 Å². The molecule has 0 radical (unpaired) electrons. The van der Waals surface area contributed by atoms with Crippen molar-refractivity contribution >= 4 is 29.9 Å².